The first-order valence-corrected chi connectivity index (χ1v) is 7.01. The average Bonchev–Trinajstić information content (AvgIpc) is 2.93. The molecule has 1 aromatic carbocycles. The molecule has 3 N–H and O–H groups in total. The van der Waals surface area contributed by atoms with Crippen LogP contribution < -0.4 is 11.1 Å². The van der Waals surface area contributed by atoms with Crippen LogP contribution in [-0.2, 0) is 16.0 Å². The van der Waals surface area contributed by atoms with Gasteiger partial charge in [0.1, 0.15) is 0 Å². The van der Waals surface area contributed by atoms with Crippen molar-refractivity contribution in [2.24, 2.45) is 5.73 Å². The lowest BCUT2D eigenvalue weighted by molar-refractivity contribution is -0.133. The first-order valence-electron chi connectivity index (χ1n) is 7.01. The van der Waals surface area contributed by atoms with Crippen molar-refractivity contribution in [1.29, 1.82) is 0 Å². The maximum absolute atomic E-state index is 12.1. The molecule has 1 saturated heterocycles. The highest BCUT2D eigenvalue weighted by atomic mass is 16.2. The molecular formula is C15H21N3O2. The van der Waals surface area contributed by atoms with Gasteiger partial charge in [-0.05, 0) is 24.8 Å². The number of nitrogens with zero attached hydrogens (tertiary/aromatic N) is 1. The molecule has 0 aliphatic carbocycles. The molecule has 0 saturated carbocycles. The highest BCUT2D eigenvalue weighted by Gasteiger charge is 2.28. The van der Waals surface area contributed by atoms with Gasteiger partial charge < -0.3 is 16.0 Å². The van der Waals surface area contributed by atoms with Crippen molar-refractivity contribution in [3.8, 4) is 0 Å². The smallest absolute Gasteiger partial charge is 0.242 e. The topological polar surface area (TPSA) is 75.4 Å². The van der Waals surface area contributed by atoms with E-state index in [1.165, 1.54) is 5.56 Å². The predicted molar refractivity (Wildman–Crippen MR) is 76.9 cm³/mol. The number of carbonyl (C=O) groups is 2. The van der Waals surface area contributed by atoms with E-state index in [9.17, 15) is 9.59 Å². The molecule has 2 rings (SSSR count). The van der Waals surface area contributed by atoms with Crippen molar-refractivity contribution in [3.63, 3.8) is 0 Å². The second-order valence-corrected chi connectivity index (χ2v) is 5.05. The lowest BCUT2D eigenvalue weighted by atomic mass is 10.0. The Kier molecular flexibility index (Phi) is 5.12. The number of likely N-dealkylation sites (tertiary alicyclic amines) is 1. The van der Waals surface area contributed by atoms with Crippen LogP contribution in [-0.4, -0.2) is 42.4 Å². The van der Waals surface area contributed by atoms with Crippen LogP contribution in [0.2, 0.25) is 0 Å². The number of benzene rings is 1. The molecule has 5 nitrogen and oxygen atoms in total. The Balaban J connectivity index is 1.90. The van der Waals surface area contributed by atoms with Crippen LogP contribution in [0.4, 0.5) is 0 Å². The number of amides is 2. The van der Waals surface area contributed by atoms with E-state index in [0.717, 1.165) is 25.8 Å². The Morgan fingerprint density at radius 2 is 2.05 bits per heavy atom. The summed E-state index contributed by atoms with van der Waals surface area (Å²) in [4.78, 5) is 25.1. The fourth-order valence-corrected chi connectivity index (χ4v) is 2.61. The number of hydrogen-bond donors (Lipinski definition) is 2. The zero-order chi connectivity index (χ0) is 14.4. The number of carbonyl (C=O) groups excluding carboxylic acids is 2. The first-order chi connectivity index (χ1) is 9.70. The normalized spacial score (nSPS) is 18.1. The Hall–Kier alpha value is -1.88. The molecule has 0 spiro atoms. The first kappa shape index (κ1) is 14.5. The van der Waals surface area contributed by atoms with Crippen molar-refractivity contribution in [3.05, 3.63) is 35.9 Å². The van der Waals surface area contributed by atoms with E-state index in [1.807, 2.05) is 23.1 Å². The van der Waals surface area contributed by atoms with E-state index >= 15 is 0 Å². The zero-order valence-corrected chi connectivity index (χ0v) is 11.5. The fraction of sp³-hybridized carbons (Fsp3) is 0.467. The summed E-state index contributed by atoms with van der Waals surface area (Å²) in [6.07, 6.45) is 2.91. The maximum Gasteiger partial charge on any atom is 0.242 e. The molecule has 5 heteroatoms. The summed E-state index contributed by atoms with van der Waals surface area (Å²) in [6.45, 7) is 0.733. The largest absolute Gasteiger partial charge is 0.346 e. The molecule has 0 radical (unpaired) electrons. The van der Waals surface area contributed by atoms with Crippen LogP contribution >= 0.6 is 0 Å². The maximum atomic E-state index is 12.1. The van der Waals surface area contributed by atoms with Crippen LogP contribution in [0.15, 0.2) is 30.3 Å². The zero-order valence-electron chi connectivity index (χ0n) is 11.5. The molecule has 1 heterocycles. The van der Waals surface area contributed by atoms with E-state index in [1.54, 1.807) is 0 Å². The average molecular weight is 275 g/mol. The van der Waals surface area contributed by atoms with Gasteiger partial charge in [0.25, 0.3) is 0 Å². The van der Waals surface area contributed by atoms with Gasteiger partial charge in [-0.3, -0.25) is 9.59 Å². The van der Waals surface area contributed by atoms with Crippen LogP contribution in [0.25, 0.3) is 0 Å². The molecule has 1 atom stereocenters. The number of rotatable bonds is 5. The van der Waals surface area contributed by atoms with Crippen molar-refractivity contribution < 1.29 is 9.59 Å². The lowest BCUT2D eigenvalue weighted by Gasteiger charge is -2.25. The van der Waals surface area contributed by atoms with Crippen molar-refractivity contribution in [2.75, 3.05) is 19.6 Å². The van der Waals surface area contributed by atoms with Gasteiger partial charge >= 0.3 is 0 Å². The quantitative estimate of drug-likeness (QED) is 0.811. The second-order valence-electron chi connectivity index (χ2n) is 5.05. The minimum absolute atomic E-state index is 0.0229. The van der Waals surface area contributed by atoms with Crippen LogP contribution in [0.5, 0.6) is 0 Å². The molecular weight excluding hydrogens is 254 g/mol. The Morgan fingerprint density at radius 3 is 2.75 bits per heavy atom. The third kappa shape index (κ3) is 3.81. The molecule has 2 amide bonds. The molecule has 1 fully saturated rings. The SMILES string of the molecule is NCC(=O)NCC(=O)N1CCCC1Cc1ccccc1. The molecule has 1 aliphatic heterocycles. The van der Waals surface area contributed by atoms with Gasteiger partial charge in [-0.25, -0.2) is 0 Å². The van der Waals surface area contributed by atoms with Gasteiger partial charge in [0, 0.05) is 12.6 Å². The number of nitrogens with two attached hydrogens (primary N) is 1. The van der Waals surface area contributed by atoms with Gasteiger partial charge in [0.2, 0.25) is 11.8 Å². The Labute approximate surface area is 119 Å². The Morgan fingerprint density at radius 1 is 1.30 bits per heavy atom. The standard InChI is InChI=1S/C15H21N3O2/c16-10-14(19)17-11-15(20)18-8-4-7-13(18)9-12-5-2-1-3-6-12/h1-3,5-6,13H,4,7-11,16H2,(H,17,19). The molecule has 1 unspecified atom stereocenters. The molecule has 108 valence electrons. The van der Waals surface area contributed by atoms with E-state index in [4.69, 9.17) is 5.73 Å². The van der Waals surface area contributed by atoms with Crippen LogP contribution in [0.3, 0.4) is 0 Å². The van der Waals surface area contributed by atoms with E-state index in [-0.39, 0.29) is 30.9 Å². The molecule has 1 aliphatic rings. The number of nitrogens with one attached hydrogen (secondary N) is 1. The van der Waals surface area contributed by atoms with E-state index in [2.05, 4.69) is 17.4 Å². The van der Waals surface area contributed by atoms with Crippen molar-refractivity contribution >= 4 is 11.8 Å². The summed E-state index contributed by atoms with van der Waals surface area (Å²) in [7, 11) is 0. The van der Waals surface area contributed by atoms with Gasteiger partial charge in [0.05, 0.1) is 13.1 Å². The van der Waals surface area contributed by atoms with Gasteiger partial charge in [-0.2, -0.15) is 0 Å². The van der Waals surface area contributed by atoms with Gasteiger partial charge in [-0.15, -0.1) is 0 Å². The van der Waals surface area contributed by atoms with Crippen molar-refractivity contribution in [1.82, 2.24) is 10.2 Å². The summed E-state index contributed by atoms with van der Waals surface area (Å²) in [5.74, 6) is -0.317. The van der Waals surface area contributed by atoms with Crippen LogP contribution in [0, 0.1) is 0 Å². The third-order valence-corrected chi connectivity index (χ3v) is 3.63. The number of hydrogen-bond acceptors (Lipinski definition) is 3. The van der Waals surface area contributed by atoms with Gasteiger partial charge in [0.15, 0.2) is 0 Å². The molecule has 20 heavy (non-hydrogen) atoms. The molecule has 0 aromatic heterocycles. The highest BCUT2D eigenvalue weighted by molar-refractivity contribution is 5.85. The summed E-state index contributed by atoms with van der Waals surface area (Å²) >= 11 is 0. The minimum Gasteiger partial charge on any atom is -0.346 e. The third-order valence-electron chi connectivity index (χ3n) is 3.63. The highest BCUT2D eigenvalue weighted by Crippen LogP contribution is 2.21. The minimum atomic E-state index is -0.294. The lowest BCUT2D eigenvalue weighted by Crippen LogP contribution is -2.44. The summed E-state index contributed by atoms with van der Waals surface area (Å²) < 4.78 is 0. The summed E-state index contributed by atoms with van der Waals surface area (Å²) in [5.41, 5.74) is 6.44. The van der Waals surface area contributed by atoms with Crippen molar-refractivity contribution in [2.45, 2.75) is 25.3 Å². The monoisotopic (exact) mass is 275 g/mol. The fourth-order valence-electron chi connectivity index (χ4n) is 2.61. The summed E-state index contributed by atoms with van der Waals surface area (Å²) in [6, 6.07) is 10.4. The molecule has 1 aromatic rings. The van der Waals surface area contributed by atoms with E-state index in [0.29, 0.717) is 0 Å². The summed E-state index contributed by atoms with van der Waals surface area (Å²) in [5, 5.41) is 2.54. The predicted octanol–water partition coefficient (Wildman–Crippen LogP) is 0.295. The van der Waals surface area contributed by atoms with Gasteiger partial charge in [-0.1, -0.05) is 30.3 Å². The van der Waals surface area contributed by atoms with Crippen LogP contribution in [0.1, 0.15) is 18.4 Å². The van der Waals surface area contributed by atoms with E-state index < -0.39 is 0 Å². The Bertz CT molecular complexity index is 461. The molecule has 0 bridgehead atoms. The second kappa shape index (κ2) is 7.05.